The van der Waals surface area contributed by atoms with Crippen molar-refractivity contribution in [1.29, 1.82) is 0 Å². The molecule has 8 heteroatoms. The molecule has 1 amide bonds. The van der Waals surface area contributed by atoms with E-state index in [1.54, 1.807) is 54.3 Å². The van der Waals surface area contributed by atoms with Gasteiger partial charge in [-0.3, -0.25) is 4.79 Å². The molecule has 1 aromatic carbocycles. The summed E-state index contributed by atoms with van der Waals surface area (Å²) in [6, 6.07) is 10.7. The third-order valence-electron chi connectivity index (χ3n) is 3.86. The molecule has 146 valence electrons. The highest BCUT2D eigenvalue weighted by Gasteiger charge is 2.21. The molecule has 3 rings (SSSR count). The number of furan rings is 1. The van der Waals surface area contributed by atoms with Gasteiger partial charge in [0.05, 0.1) is 18.4 Å². The number of hydrogen-bond acceptors (Lipinski definition) is 7. The molecular formula is C20H20N2O4S2. The van der Waals surface area contributed by atoms with Crippen LogP contribution in [-0.4, -0.2) is 23.0 Å². The zero-order valence-corrected chi connectivity index (χ0v) is 17.1. The molecular weight excluding hydrogens is 396 g/mol. The Balaban J connectivity index is 1.57. The molecule has 1 N–H and O–H groups in total. The molecule has 0 saturated carbocycles. The molecule has 2 aromatic heterocycles. The second kappa shape index (κ2) is 9.57. The Hall–Kier alpha value is -2.58. The van der Waals surface area contributed by atoms with E-state index in [4.69, 9.17) is 9.15 Å². The maximum absolute atomic E-state index is 12.6. The molecule has 0 bridgehead atoms. The average Bonchev–Trinajstić information content (AvgIpc) is 3.36. The van der Waals surface area contributed by atoms with Crippen LogP contribution in [0.2, 0.25) is 0 Å². The van der Waals surface area contributed by atoms with Crippen LogP contribution in [-0.2, 0) is 21.8 Å². The van der Waals surface area contributed by atoms with Crippen molar-refractivity contribution in [3.63, 3.8) is 0 Å². The Morgan fingerprint density at radius 3 is 2.82 bits per heavy atom. The van der Waals surface area contributed by atoms with Crippen molar-refractivity contribution >= 4 is 35.0 Å². The van der Waals surface area contributed by atoms with Crippen LogP contribution in [0.15, 0.2) is 56.8 Å². The van der Waals surface area contributed by atoms with E-state index >= 15 is 0 Å². The predicted octanol–water partition coefficient (Wildman–Crippen LogP) is 4.20. The van der Waals surface area contributed by atoms with E-state index in [0.717, 1.165) is 15.6 Å². The van der Waals surface area contributed by atoms with Crippen molar-refractivity contribution < 1.29 is 18.7 Å². The zero-order chi connectivity index (χ0) is 19.9. The number of ether oxygens (including phenoxy) is 1. The third kappa shape index (κ3) is 5.46. The van der Waals surface area contributed by atoms with E-state index in [9.17, 15) is 9.59 Å². The second-order valence-electron chi connectivity index (χ2n) is 6.05. The number of thioether (sulfide) groups is 1. The van der Waals surface area contributed by atoms with Crippen LogP contribution in [0.25, 0.3) is 0 Å². The van der Waals surface area contributed by atoms with Gasteiger partial charge in [-0.25, -0.2) is 9.78 Å². The largest absolute Gasteiger partial charge is 0.467 e. The normalized spacial score (nSPS) is 11.8. The van der Waals surface area contributed by atoms with Crippen LogP contribution in [0.5, 0.6) is 0 Å². The van der Waals surface area contributed by atoms with E-state index in [0.29, 0.717) is 17.1 Å². The van der Waals surface area contributed by atoms with Gasteiger partial charge in [-0.2, -0.15) is 0 Å². The van der Waals surface area contributed by atoms with E-state index in [1.165, 1.54) is 6.26 Å². The van der Waals surface area contributed by atoms with E-state index in [1.807, 2.05) is 24.4 Å². The van der Waals surface area contributed by atoms with Crippen molar-refractivity contribution in [2.45, 2.75) is 36.6 Å². The summed E-state index contributed by atoms with van der Waals surface area (Å²) in [4.78, 5) is 29.2. The van der Waals surface area contributed by atoms with Gasteiger partial charge in [-0.1, -0.05) is 30.0 Å². The number of aryl methyl sites for hydroxylation is 1. The maximum Gasteiger partial charge on any atom is 0.339 e. The fourth-order valence-electron chi connectivity index (χ4n) is 2.39. The smallest absolute Gasteiger partial charge is 0.339 e. The fourth-order valence-corrected chi connectivity index (χ4v) is 4.25. The first-order chi connectivity index (χ1) is 13.5. The van der Waals surface area contributed by atoms with E-state index in [2.05, 4.69) is 10.3 Å². The molecule has 0 unspecified atom stereocenters. The molecule has 28 heavy (non-hydrogen) atoms. The monoisotopic (exact) mass is 416 g/mol. The number of benzene rings is 1. The average molecular weight is 417 g/mol. The van der Waals surface area contributed by atoms with Crippen molar-refractivity contribution in [1.82, 2.24) is 10.3 Å². The second-order valence-corrected chi connectivity index (χ2v) is 8.13. The lowest BCUT2D eigenvalue weighted by Gasteiger charge is -2.14. The van der Waals surface area contributed by atoms with Crippen LogP contribution < -0.4 is 5.32 Å². The molecule has 2 heterocycles. The molecule has 0 spiro atoms. The lowest BCUT2D eigenvalue weighted by Crippen LogP contribution is -2.35. The predicted molar refractivity (Wildman–Crippen MR) is 108 cm³/mol. The molecule has 0 fully saturated rings. The number of aromatic nitrogens is 1. The summed E-state index contributed by atoms with van der Waals surface area (Å²) in [5, 5.41) is 4.68. The Morgan fingerprint density at radius 1 is 1.29 bits per heavy atom. The lowest BCUT2D eigenvalue weighted by atomic mass is 10.1. The zero-order valence-electron chi connectivity index (χ0n) is 15.5. The number of carbonyl (C=O) groups is 2. The molecule has 0 radical (unpaired) electrons. The Kier molecular flexibility index (Phi) is 6.89. The van der Waals surface area contributed by atoms with Gasteiger partial charge in [0, 0.05) is 16.8 Å². The minimum atomic E-state index is -0.912. The molecule has 3 aromatic rings. The Morgan fingerprint density at radius 2 is 2.11 bits per heavy atom. The van der Waals surface area contributed by atoms with Gasteiger partial charge in [-0.05, 0) is 37.6 Å². The summed E-state index contributed by atoms with van der Waals surface area (Å²) >= 11 is 3.14. The SMILES string of the molecule is Cc1csc(SCc2ccccc2C(=O)O[C@H](C)C(=O)NCc2ccco2)n1. The summed E-state index contributed by atoms with van der Waals surface area (Å²) in [5.41, 5.74) is 2.28. The fraction of sp³-hybridized carbons (Fsp3) is 0.250. The standard InChI is InChI=1S/C20H20N2O4S2/c1-13-11-27-20(22-13)28-12-15-6-3-4-8-17(15)19(24)26-14(2)18(23)21-10-16-7-5-9-25-16/h3-9,11,14H,10,12H2,1-2H3,(H,21,23)/t14-/m1/s1. The number of carbonyl (C=O) groups excluding carboxylic acids is 2. The first-order valence-corrected chi connectivity index (χ1v) is 10.5. The van der Waals surface area contributed by atoms with Crippen molar-refractivity contribution in [3.05, 3.63) is 70.6 Å². The Labute approximate surface area is 171 Å². The van der Waals surface area contributed by atoms with Crippen LogP contribution in [0.1, 0.15) is 34.3 Å². The molecule has 6 nitrogen and oxygen atoms in total. The van der Waals surface area contributed by atoms with Gasteiger partial charge in [0.1, 0.15) is 10.1 Å². The van der Waals surface area contributed by atoms with Crippen molar-refractivity contribution in [2.24, 2.45) is 0 Å². The molecule has 0 aliphatic carbocycles. The van der Waals surface area contributed by atoms with E-state index in [-0.39, 0.29) is 12.5 Å². The number of amides is 1. The summed E-state index contributed by atoms with van der Waals surface area (Å²) in [7, 11) is 0. The van der Waals surface area contributed by atoms with Crippen molar-refractivity contribution in [3.8, 4) is 0 Å². The summed E-state index contributed by atoms with van der Waals surface area (Å²) in [6.45, 7) is 3.74. The first-order valence-electron chi connectivity index (χ1n) is 8.67. The van der Waals surface area contributed by atoms with Crippen LogP contribution in [0.4, 0.5) is 0 Å². The number of nitrogens with one attached hydrogen (secondary N) is 1. The van der Waals surface area contributed by atoms with Gasteiger partial charge in [0.25, 0.3) is 5.91 Å². The molecule has 1 atom stereocenters. The van der Waals surface area contributed by atoms with E-state index < -0.39 is 12.1 Å². The lowest BCUT2D eigenvalue weighted by molar-refractivity contribution is -0.129. The van der Waals surface area contributed by atoms with Crippen LogP contribution >= 0.6 is 23.1 Å². The highest BCUT2D eigenvalue weighted by atomic mass is 32.2. The molecule has 0 aliphatic heterocycles. The first kappa shape index (κ1) is 20.2. The van der Waals surface area contributed by atoms with Gasteiger partial charge < -0.3 is 14.5 Å². The van der Waals surface area contributed by atoms with Crippen LogP contribution in [0.3, 0.4) is 0 Å². The summed E-state index contributed by atoms with van der Waals surface area (Å²) in [6.07, 6.45) is 0.622. The number of hydrogen-bond donors (Lipinski definition) is 1. The number of esters is 1. The number of nitrogens with zero attached hydrogens (tertiary/aromatic N) is 1. The number of thiazole rings is 1. The summed E-state index contributed by atoms with van der Waals surface area (Å²) < 4.78 is 11.5. The quantitative estimate of drug-likeness (QED) is 0.438. The van der Waals surface area contributed by atoms with Gasteiger partial charge >= 0.3 is 5.97 Å². The Bertz CT molecular complexity index is 937. The molecule has 0 saturated heterocycles. The highest BCUT2D eigenvalue weighted by Crippen LogP contribution is 2.27. The third-order valence-corrected chi connectivity index (χ3v) is 6.04. The molecule has 0 aliphatic rings. The van der Waals surface area contributed by atoms with Gasteiger partial charge in [0.2, 0.25) is 0 Å². The van der Waals surface area contributed by atoms with Crippen LogP contribution in [0, 0.1) is 6.92 Å². The van der Waals surface area contributed by atoms with Crippen molar-refractivity contribution in [2.75, 3.05) is 0 Å². The topological polar surface area (TPSA) is 81.4 Å². The maximum atomic E-state index is 12.6. The number of rotatable bonds is 8. The van der Waals surface area contributed by atoms with Gasteiger partial charge in [0.15, 0.2) is 6.10 Å². The minimum absolute atomic E-state index is 0.244. The minimum Gasteiger partial charge on any atom is -0.467 e. The highest BCUT2D eigenvalue weighted by molar-refractivity contribution is 8.00. The summed E-state index contributed by atoms with van der Waals surface area (Å²) in [5.74, 6) is 0.325. The van der Waals surface area contributed by atoms with Gasteiger partial charge in [-0.15, -0.1) is 11.3 Å².